The van der Waals surface area contributed by atoms with Gasteiger partial charge >= 0.3 is 11.6 Å². The lowest BCUT2D eigenvalue weighted by Crippen LogP contribution is -2.46. The molecule has 0 N–H and O–H groups in total. The van der Waals surface area contributed by atoms with Crippen LogP contribution in [0.2, 0.25) is 0 Å². The number of fused-ring (bicyclic) bond motifs is 1. The van der Waals surface area contributed by atoms with Gasteiger partial charge in [-0.2, -0.15) is 0 Å². The SMILES string of the molecule is CC1CC[C@H]2C[C@H](OC(=O)c3ccc(=O)oc3)CC[C@]2(C)[C@H]1C. The molecule has 23 heavy (non-hydrogen) atoms. The predicted octanol–water partition coefficient (Wildman–Crippen LogP) is 4.04. The number of carbonyl (C=O) groups excluding carboxylic acids is 1. The zero-order chi connectivity index (χ0) is 16.6. The molecule has 0 radical (unpaired) electrons. The maximum absolute atomic E-state index is 12.2. The summed E-state index contributed by atoms with van der Waals surface area (Å²) in [7, 11) is 0. The van der Waals surface area contributed by atoms with Gasteiger partial charge in [0, 0.05) is 6.07 Å². The second-order valence-corrected chi connectivity index (χ2v) is 7.69. The normalized spacial score (nSPS) is 37.0. The minimum absolute atomic E-state index is 0.0203. The van der Waals surface area contributed by atoms with Crippen LogP contribution in [0.3, 0.4) is 0 Å². The highest BCUT2D eigenvalue weighted by Crippen LogP contribution is 2.55. The third-order valence-electron chi connectivity index (χ3n) is 6.56. The summed E-state index contributed by atoms with van der Waals surface area (Å²) in [5.74, 6) is 1.75. The van der Waals surface area contributed by atoms with E-state index in [1.165, 1.54) is 31.2 Å². The molecule has 0 aliphatic heterocycles. The largest absolute Gasteiger partial charge is 0.459 e. The Labute approximate surface area is 137 Å². The average Bonchev–Trinajstić information content (AvgIpc) is 2.53. The molecule has 0 aromatic carbocycles. The Balaban J connectivity index is 1.65. The van der Waals surface area contributed by atoms with E-state index >= 15 is 0 Å². The molecule has 1 aromatic rings. The monoisotopic (exact) mass is 318 g/mol. The van der Waals surface area contributed by atoms with E-state index in [2.05, 4.69) is 20.8 Å². The summed E-state index contributed by atoms with van der Waals surface area (Å²) >= 11 is 0. The van der Waals surface area contributed by atoms with Gasteiger partial charge in [0.05, 0.1) is 5.56 Å². The summed E-state index contributed by atoms with van der Waals surface area (Å²) in [5.41, 5.74) is 0.226. The zero-order valence-corrected chi connectivity index (χ0v) is 14.2. The molecule has 2 aliphatic carbocycles. The first kappa shape index (κ1) is 16.3. The first-order chi connectivity index (χ1) is 10.9. The number of esters is 1. The third kappa shape index (κ3) is 3.08. The molecule has 1 unspecified atom stereocenters. The summed E-state index contributed by atoms with van der Waals surface area (Å²) in [4.78, 5) is 23.2. The van der Waals surface area contributed by atoms with Gasteiger partial charge in [-0.15, -0.1) is 0 Å². The molecular weight excluding hydrogens is 292 g/mol. The van der Waals surface area contributed by atoms with Crippen LogP contribution in [-0.2, 0) is 4.74 Å². The Bertz CT molecular complexity index is 614. The van der Waals surface area contributed by atoms with Crippen molar-refractivity contribution < 1.29 is 13.9 Å². The fourth-order valence-corrected chi connectivity index (χ4v) is 4.59. The van der Waals surface area contributed by atoms with E-state index in [4.69, 9.17) is 9.15 Å². The molecule has 2 fully saturated rings. The van der Waals surface area contributed by atoms with Crippen LogP contribution < -0.4 is 5.63 Å². The van der Waals surface area contributed by atoms with Gasteiger partial charge in [-0.05, 0) is 54.9 Å². The smallest absolute Gasteiger partial charge is 0.341 e. The van der Waals surface area contributed by atoms with Crippen LogP contribution in [0.5, 0.6) is 0 Å². The lowest BCUT2D eigenvalue weighted by molar-refractivity contribution is -0.0682. The highest BCUT2D eigenvalue weighted by molar-refractivity contribution is 5.88. The van der Waals surface area contributed by atoms with Gasteiger partial charge < -0.3 is 9.15 Å². The molecule has 4 heteroatoms. The van der Waals surface area contributed by atoms with Crippen LogP contribution in [0.15, 0.2) is 27.6 Å². The Kier molecular flexibility index (Phi) is 4.35. The minimum atomic E-state index is -0.458. The highest BCUT2D eigenvalue weighted by Gasteiger charge is 2.48. The van der Waals surface area contributed by atoms with E-state index in [9.17, 15) is 9.59 Å². The third-order valence-corrected chi connectivity index (χ3v) is 6.56. The molecule has 0 amide bonds. The van der Waals surface area contributed by atoms with Gasteiger partial charge in [0.15, 0.2) is 0 Å². The molecule has 2 aliphatic rings. The van der Waals surface area contributed by atoms with Gasteiger partial charge in [-0.3, -0.25) is 0 Å². The molecule has 2 saturated carbocycles. The number of rotatable bonds is 2. The first-order valence-electron chi connectivity index (χ1n) is 8.70. The van der Waals surface area contributed by atoms with Gasteiger partial charge in [0.1, 0.15) is 12.4 Å². The van der Waals surface area contributed by atoms with Crippen molar-refractivity contribution in [1.29, 1.82) is 0 Å². The first-order valence-corrected chi connectivity index (χ1v) is 8.70. The number of ether oxygens (including phenoxy) is 1. The van der Waals surface area contributed by atoms with E-state index in [1.807, 2.05) is 0 Å². The minimum Gasteiger partial charge on any atom is -0.459 e. The van der Waals surface area contributed by atoms with Crippen LogP contribution in [0.4, 0.5) is 0 Å². The molecule has 5 atom stereocenters. The van der Waals surface area contributed by atoms with Crippen LogP contribution in [0, 0.1) is 23.2 Å². The van der Waals surface area contributed by atoms with Crippen molar-refractivity contribution in [3.63, 3.8) is 0 Å². The fourth-order valence-electron chi connectivity index (χ4n) is 4.59. The Morgan fingerprint density at radius 2 is 2.04 bits per heavy atom. The standard InChI is InChI=1S/C19H26O4/c1-12-4-6-15-10-16(8-9-19(15,3)13(12)2)23-18(21)14-5-7-17(20)22-11-14/h5,7,11-13,15-16H,4,6,8-10H2,1-3H3/t12?,13-,15-,16+,19+/m0/s1. The van der Waals surface area contributed by atoms with Crippen LogP contribution >= 0.6 is 0 Å². The van der Waals surface area contributed by atoms with Crippen molar-refractivity contribution in [2.75, 3.05) is 0 Å². The van der Waals surface area contributed by atoms with Gasteiger partial charge in [-0.1, -0.05) is 27.2 Å². The van der Waals surface area contributed by atoms with E-state index < -0.39 is 5.63 Å². The average molecular weight is 318 g/mol. The van der Waals surface area contributed by atoms with E-state index in [0.29, 0.717) is 16.9 Å². The molecule has 1 heterocycles. The van der Waals surface area contributed by atoms with Crippen molar-refractivity contribution >= 4 is 5.97 Å². The molecular formula is C19H26O4. The van der Waals surface area contributed by atoms with E-state index in [1.54, 1.807) is 0 Å². The van der Waals surface area contributed by atoms with Gasteiger partial charge in [-0.25, -0.2) is 9.59 Å². The lowest BCUT2D eigenvalue weighted by atomic mass is 9.53. The van der Waals surface area contributed by atoms with Gasteiger partial charge in [0.25, 0.3) is 0 Å². The van der Waals surface area contributed by atoms with Crippen LogP contribution in [0.25, 0.3) is 0 Å². The Morgan fingerprint density at radius 3 is 2.74 bits per heavy atom. The maximum Gasteiger partial charge on any atom is 0.341 e. The number of hydrogen-bond donors (Lipinski definition) is 0. The molecule has 0 saturated heterocycles. The summed E-state index contributed by atoms with van der Waals surface area (Å²) in [6.45, 7) is 7.17. The van der Waals surface area contributed by atoms with Gasteiger partial charge in [0.2, 0.25) is 0 Å². The second-order valence-electron chi connectivity index (χ2n) is 7.69. The number of carbonyl (C=O) groups is 1. The topological polar surface area (TPSA) is 56.5 Å². The van der Waals surface area contributed by atoms with Crippen LogP contribution in [0.1, 0.15) is 63.2 Å². The summed E-state index contributed by atoms with van der Waals surface area (Å²) < 4.78 is 10.4. The van der Waals surface area contributed by atoms with Crippen molar-refractivity contribution in [2.45, 2.75) is 59.0 Å². The zero-order valence-electron chi connectivity index (χ0n) is 14.2. The number of hydrogen-bond acceptors (Lipinski definition) is 4. The Morgan fingerprint density at radius 1 is 1.26 bits per heavy atom. The lowest BCUT2D eigenvalue weighted by Gasteiger charge is -2.53. The quantitative estimate of drug-likeness (QED) is 0.772. The maximum atomic E-state index is 12.2. The summed E-state index contributed by atoms with van der Waals surface area (Å²) in [5, 5.41) is 0. The van der Waals surface area contributed by atoms with Crippen LogP contribution in [-0.4, -0.2) is 12.1 Å². The van der Waals surface area contributed by atoms with E-state index in [0.717, 1.165) is 31.1 Å². The van der Waals surface area contributed by atoms with Crippen molar-refractivity contribution in [3.8, 4) is 0 Å². The molecule has 3 rings (SSSR count). The molecule has 126 valence electrons. The van der Waals surface area contributed by atoms with Crippen molar-refractivity contribution in [1.82, 2.24) is 0 Å². The summed E-state index contributed by atoms with van der Waals surface area (Å²) in [6.07, 6.45) is 6.66. The fraction of sp³-hybridized carbons (Fsp3) is 0.684. The predicted molar refractivity (Wildman–Crippen MR) is 87.2 cm³/mol. The van der Waals surface area contributed by atoms with Crippen molar-refractivity contribution in [3.05, 3.63) is 34.4 Å². The Hall–Kier alpha value is -1.58. The highest BCUT2D eigenvalue weighted by atomic mass is 16.5. The molecule has 1 aromatic heterocycles. The summed E-state index contributed by atoms with van der Waals surface area (Å²) in [6, 6.07) is 2.71. The molecule has 4 nitrogen and oxygen atoms in total. The van der Waals surface area contributed by atoms with E-state index in [-0.39, 0.29) is 12.1 Å². The van der Waals surface area contributed by atoms with Crippen molar-refractivity contribution in [2.24, 2.45) is 23.2 Å². The second kappa shape index (κ2) is 6.14. The molecule has 0 bridgehead atoms. The molecule has 0 spiro atoms.